The molecule has 0 atom stereocenters. The molecule has 0 saturated carbocycles. The first-order chi connectivity index (χ1) is 4.74. The second-order valence-electron chi connectivity index (χ2n) is 1.83. The van der Waals surface area contributed by atoms with Gasteiger partial charge in [-0.25, -0.2) is 0 Å². The van der Waals surface area contributed by atoms with Crippen molar-refractivity contribution in [2.45, 2.75) is 0 Å². The van der Waals surface area contributed by atoms with Crippen molar-refractivity contribution in [2.24, 2.45) is 0 Å². The van der Waals surface area contributed by atoms with Gasteiger partial charge in [-0.15, -0.1) is 0 Å². The molecule has 1 aromatic carbocycles. The van der Waals surface area contributed by atoms with Crippen molar-refractivity contribution in [1.82, 2.24) is 0 Å². The molecule has 3 N–H and O–H groups in total. The molecule has 0 fully saturated rings. The second kappa shape index (κ2) is 2.84. The SMILES string of the molecule is Nc1ccc([As]=O)cc1O. The number of hydrogen-bond acceptors (Lipinski definition) is 3. The average Bonchev–Trinajstić information content (AvgIpc) is 1.95. The molecule has 0 heterocycles. The Morgan fingerprint density at radius 1 is 1.50 bits per heavy atom. The molecule has 10 heavy (non-hydrogen) atoms. The summed E-state index contributed by atoms with van der Waals surface area (Å²) < 4.78 is 11.0. The van der Waals surface area contributed by atoms with Gasteiger partial charge in [0.25, 0.3) is 0 Å². The van der Waals surface area contributed by atoms with Crippen molar-refractivity contribution in [3.05, 3.63) is 18.2 Å². The summed E-state index contributed by atoms with van der Waals surface area (Å²) in [5, 5.41) is 8.98. The van der Waals surface area contributed by atoms with Crippen molar-refractivity contribution in [3.63, 3.8) is 0 Å². The Labute approximate surface area is 64.8 Å². The summed E-state index contributed by atoms with van der Waals surface area (Å²) in [6.45, 7) is 0. The minimum absolute atomic E-state index is 0.00339. The maximum absolute atomic E-state index is 10.3. The predicted octanol–water partition coefficient (Wildman–Crippen LogP) is -0.351. The quantitative estimate of drug-likeness (QED) is 0.369. The van der Waals surface area contributed by atoms with E-state index in [-0.39, 0.29) is 5.75 Å². The molecule has 1 rings (SSSR count). The normalized spacial score (nSPS) is 10.0. The summed E-state index contributed by atoms with van der Waals surface area (Å²) in [7, 11) is 0. The molecule has 0 amide bonds. The van der Waals surface area contributed by atoms with E-state index < -0.39 is 15.7 Å². The van der Waals surface area contributed by atoms with Crippen LogP contribution in [-0.4, -0.2) is 20.8 Å². The van der Waals surface area contributed by atoms with Gasteiger partial charge in [-0.2, -0.15) is 0 Å². The van der Waals surface area contributed by atoms with Crippen LogP contribution in [0.3, 0.4) is 0 Å². The van der Waals surface area contributed by atoms with Crippen molar-refractivity contribution in [3.8, 4) is 5.75 Å². The van der Waals surface area contributed by atoms with Crippen LogP contribution in [-0.2, 0) is 3.74 Å². The number of nitrogen functional groups attached to an aromatic ring is 1. The van der Waals surface area contributed by atoms with Gasteiger partial charge in [0.1, 0.15) is 0 Å². The number of hydrogen-bond donors (Lipinski definition) is 2. The van der Waals surface area contributed by atoms with E-state index in [0.717, 1.165) is 0 Å². The van der Waals surface area contributed by atoms with Crippen LogP contribution in [0.25, 0.3) is 0 Å². The Hall–Kier alpha value is -0.822. The topological polar surface area (TPSA) is 63.3 Å². The summed E-state index contributed by atoms with van der Waals surface area (Å²) in [5.41, 5.74) is 5.62. The van der Waals surface area contributed by atoms with Gasteiger partial charge in [-0.1, -0.05) is 0 Å². The Morgan fingerprint density at radius 3 is 2.70 bits per heavy atom. The predicted molar refractivity (Wildman–Crippen MR) is 38.6 cm³/mol. The Balaban J connectivity index is 3.16. The van der Waals surface area contributed by atoms with Gasteiger partial charge in [0.15, 0.2) is 0 Å². The van der Waals surface area contributed by atoms with Crippen LogP contribution in [0, 0.1) is 0 Å². The summed E-state index contributed by atoms with van der Waals surface area (Å²) in [5.74, 6) is 0.00339. The molecular formula is C6H6AsNO2. The van der Waals surface area contributed by atoms with E-state index in [0.29, 0.717) is 10.0 Å². The first kappa shape index (κ1) is 7.29. The average molecular weight is 199 g/mol. The third-order valence-electron chi connectivity index (χ3n) is 1.12. The van der Waals surface area contributed by atoms with Crippen LogP contribution < -0.4 is 10.1 Å². The molecule has 0 spiro atoms. The van der Waals surface area contributed by atoms with Crippen molar-refractivity contribution in [2.75, 3.05) is 5.73 Å². The number of phenolic OH excluding ortho intramolecular Hbond substituents is 1. The van der Waals surface area contributed by atoms with E-state index in [4.69, 9.17) is 10.8 Å². The van der Waals surface area contributed by atoms with Crippen LogP contribution >= 0.6 is 0 Å². The number of benzene rings is 1. The van der Waals surface area contributed by atoms with Gasteiger partial charge in [-0.3, -0.25) is 0 Å². The molecule has 52 valence electrons. The van der Waals surface area contributed by atoms with E-state index >= 15 is 0 Å². The standard InChI is InChI=1S/C6H6AsNO2/c8-5-2-1-4(7-10)3-6(5)9/h1-3,9H,8H2. The fourth-order valence-electron chi connectivity index (χ4n) is 0.589. The van der Waals surface area contributed by atoms with Crippen LogP contribution in [0.5, 0.6) is 5.75 Å². The third kappa shape index (κ3) is 1.36. The summed E-state index contributed by atoms with van der Waals surface area (Å²) >= 11 is -1.06. The van der Waals surface area contributed by atoms with Crippen LogP contribution in [0.2, 0.25) is 0 Å². The van der Waals surface area contributed by atoms with E-state index in [9.17, 15) is 3.74 Å². The van der Waals surface area contributed by atoms with Gasteiger partial charge >= 0.3 is 64.3 Å². The van der Waals surface area contributed by atoms with Crippen molar-refractivity contribution >= 4 is 25.7 Å². The molecule has 0 unspecified atom stereocenters. The molecular weight excluding hydrogens is 193 g/mol. The molecule has 0 saturated heterocycles. The van der Waals surface area contributed by atoms with Crippen molar-refractivity contribution < 1.29 is 8.85 Å². The van der Waals surface area contributed by atoms with E-state index in [1.165, 1.54) is 12.1 Å². The first-order valence-corrected chi connectivity index (χ1v) is 4.36. The Bertz CT molecular complexity index is 262. The fraction of sp³-hybridized carbons (Fsp3) is 0. The van der Waals surface area contributed by atoms with Gasteiger partial charge in [0.05, 0.1) is 0 Å². The zero-order valence-electron chi connectivity index (χ0n) is 5.11. The van der Waals surface area contributed by atoms with Crippen molar-refractivity contribution in [1.29, 1.82) is 0 Å². The number of nitrogens with two attached hydrogens (primary N) is 1. The van der Waals surface area contributed by atoms with Crippen LogP contribution in [0.4, 0.5) is 5.69 Å². The Kier molecular flexibility index (Phi) is 2.07. The monoisotopic (exact) mass is 199 g/mol. The van der Waals surface area contributed by atoms with Gasteiger partial charge < -0.3 is 0 Å². The number of phenols is 1. The van der Waals surface area contributed by atoms with E-state index in [1.54, 1.807) is 6.07 Å². The zero-order chi connectivity index (χ0) is 7.56. The van der Waals surface area contributed by atoms with Gasteiger partial charge in [0.2, 0.25) is 0 Å². The molecule has 0 bridgehead atoms. The van der Waals surface area contributed by atoms with Crippen LogP contribution in [0.1, 0.15) is 0 Å². The first-order valence-electron chi connectivity index (χ1n) is 2.66. The van der Waals surface area contributed by atoms with Gasteiger partial charge in [0, 0.05) is 0 Å². The summed E-state index contributed by atoms with van der Waals surface area (Å²) in [4.78, 5) is 0. The number of anilines is 1. The zero-order valence-corrected chi connectivity index (χ0v) is 6.99. The minimum atomic E-state index is -1.06. The Morgan fingerprint density at radius 2 is 2.20 bits per heavy atom. The summed E-state index contributed by atoms with van der Waals surface area (Å²) in [6, 6.07) is 4.60. The number of rotatable bonds is 1. The second-order valence-corrected chi connectivity index (χ2v) is 3.30. The molecule has 0 radical (unpaired) electrons. The van der Waals surface area contributed by atoms with E-state index in [1.807, 2.05) is 0 Å². The number of aromatic hydroxyl groups is 1. The maximum atomic E-state index is 10.3. The molecule has 1 aromatic rings. The molecule has 0 aliphatic rings. The molecule has 3 nitrogen and oxygen atoms in total. The molecule has 0 aliphatic carbocycles. The van der Waals surface area contributed by atoms with E-state index in [2.05, 4.69) is 0 Å². The molecule has 0 aliphatic heterocycles. The summed E-state index contributed by atoms with van der Waals surface area (Å²) in [6.07, 6.45) is 0. The molecule has 0 aromatic heterocycles. The molecule has 4 heteroatoms. The third-order valence-corrected chi connectivity index (χ3v) is 2.15. The van der Waals surface area contributed by atoms with Gasteiger partial charge in [-0.05, 0) is 0 Å². The fourth-order valence-corrected chi connectivity index (χ4v) is 1.24. The van der Waals surface area contributed by atoms with Crippen LogP contribution in [0.15, 0.2) is 18.2 Å².